The smallest absolute Gasteiger partial charge is 0.140 e. The SMILES string of the molecule is CCC1(CC)c2ccccc2-c2ccc3c(oc4cc(-c5cc(-c6ccccn6)c6ccccc6n5)ccc43)c21. The molecule has 40 heavy (non-hydrogen) atoms. The quantitative estimate of drug-likeness (QED) is 0.234. The van der Waals surface area contributed by atoms with E-state index in [1.54, 1.807) is 0 Å². The highest BCUT2D eigenvalue weighted by Gasteiger charge is 2.42. The molecule has 8 rings (SSSR count). The lowest BCUT2D eigenvalue weighted by Crippen LogP contribution is -2.23. The van der Waals surface area contributed by atoms with Gasteiger partial charge in [0.25, 0.3) is 0 Å². The highest BCUT2D eigenvalue weighted by molar-refractivity contribution is 6.10. The van der Waals surface area contributed by atoms with Gasteiger partial charge in [-0.15, -0.1) is 0 Å². The van der Waals surface area contributed by atoms with Crippen molar-refractivity contribution in [1.82, 2.24) is 9.97 Å². The Balaban J connectivity index is 1.35. The molecule has 3 nitrogen and oxygen atoms in total. The van der Waals surface area contributed by atoms with Crippen LogP contribution in [-0.4, -0.2) is 9.97 Å². The van der Waals surface area contributed by atoms with Crippen LogP contribution in [-0.2, 0) is 5.41 Å². The molecule has 0 amide bonds. The maximum Gasteiger partial charge on any atom is 0.140 e. The molecule has 4 aromatic carbocycles. The highest BCUT2D eigenvalue weighted by Crippen LogP contribution is 2.55. The number of pyridine rings is 2. The molecular formula is C37H28N2O. The van der Waals surface area contributed by atoms with Crippen LogP contribution in [0, 0.1) is 0 Å². The fourth-order valence-electron chi connectivity index (χ4n) is 7.01. The molecule has 0 spiro atoms. The van der Waals surface area contributed by atoms with E-state index in [0.717, 1.165) is 62.8 Å². The van der Waals surface area contributed by atoms with Crippen LogP contribution in [0.2, 0.25) is 0 Å². The lowest BCUT2D eigenvalue weighted by Gasteiger charge is -2.29. The number of para-hydroxylation sites is 1. The molecule has 0 saturated carbocycles. The van der Waals surface area contributed by atoms with Crippen LogP contribution in [0.25, 0.3) is 66.5 Å². The number of rotatable bonds is 4. The first-order chi connectivity index (χ1) is 19.7. The van der Waals surface area contributed by atoms with Gasteiger partial charge < -0.3 is 4.42 Å². The maximum absolute atomic E-state index is 6.81. The summed E-state index contributed by atoms with van der Waals surface area (Å²) in [6, 6.07) is 36.4. The van der Waals surface area contributed by atoms with Crippen LogP contribution in [0.4, 0.5) is 0 Å². The van der Waals surface area contributed by atoms with Gasteiger partial charge in [0, 0.05) is 44.5 Å². The van der Waals surface area contributed by atoms with Gasteiger partial charge >= 0.3 is 0 Å². The summed E-state index contributed by atoms with van der Waals surface area (Å²) in [5.74, 6) is 0. The second kappa shape index (κ2) is 8.62. The minimum absolute atomic E-state index is 0.0420. The Bertz CT molecular complexity index is 2080. The first kappa shape index (κ1) is 23.2. The van der Waals surface area contributed by atoms with E-state index in [0.29, 0.717) is 0 Å². The predicted octanol–water partition coefficient (Wildman–Crippen LogP) is 9.95. The fraction of sp³-hybridized carbons (Fsp3) is 0.135. The van der Waals surface area contributed by atoms with Gasteiger partial charge in [-0.05, 0) is 72.0 Å². The molecule has 0 saturated heterocycles. The molecule has 0 bridgehead atoms. The van der Waals surface area contributed by atoms with E-state index in [4.69, 9.17) is 9.40 Å². The van der Waals surface area contributed by atoms with Crippen molar-refractivity contribution in [3.05, 3.63) is 120 Å². The normalized spacial score (nSPS) is 13.7. The second-order valence-electron chi connectivity index (χ2n) is 10.8. The average Bonchev–Trinajstić information content (AvgIpc) is 3.54. The van der Waals surface area contributed by atoms with Gasteiger partial charge in [-0.3, -0.25) is 4.98 Å². The summed E-state index contributed by atoms with van der Waals surface area (Å²) in [6.45, 7) is 4.61. The third-order valence-corrected chi connectivity index (χ3v) is 9.01. The van der Waals surface area contributed by atoms with Crippen molar-refractivity contribution in [2.75, 3.05) is 0 Å². The number of hydrogen-bond donors (Lipinski definition) is 0. The monoisotopic (exact) mass is 516 g/mol. The highest BCUT2D eigenvalue weighted by atomic mass is 16.3. The molecule has 0 fully saturated rings. The number of furan rings is 1. The minimum Gasteiger partial charge on any atom is -0.456 e. The van der Waals surface area contributed by atoms with Gasteiger partial charge in [0.05, 0.1) is 16.9 Å². The largest absolute Gasteiger partial charge is 0.456 e. The molecule has 7 aromatic rings. The first-order valence-corrected chi connectivity index (χ1v) is 14.1. The molecule has 1 aliphatic rings. The van der Waals surface area contributed by atoms with Crippen LogP contribution in [0.5, 0.6) is 0 Å². The van der Waals surface area contributed by atoms with Crippen LogP contribution in [0.15, 0.2) is 114 Å². The molecule has 0 radical (unpaired) electrons. The molecule has 0 unspecified atom stereocenters. The van der Waals surface area contributed by atoms with E-state index in [2.05, 4.69) is 104 Å². The molecule has 0 aliphatic heterocycles. The summed E-state index contributed by atoms with van der Waals surface area (Å²) in [6.07, 6.45) is 3.91. The first-order valence-electron chi connectivity index (χ1n) is 14.1. The van der Waals surface area contributed by atoms with Crippen molar-refractivity contribution in [1.29, 1.82) is 0 Å². The summed E-state index contributed by atoms with van der Waals surface area (Å²) in [4.78, 5) is 9.70. The van der Waals surface area contributed by atoms with Crippen molar-refractivity contribution in [3.63, 3.8) is 0 Å². The lowest BCUT2D eigenvalue weighted by atomic mass is 9.73. The van der Waals surface area contributed by atoms with E-state index in [9.17, 15) is 0 Å². The van der Waals surface area contributed by atoms with Crippen LogP contribution in [0.3, 0.4) is 0 Å². The van der Waals surface area contributed by atoms with Gasteiger partial charge in [-0.2, -0.15) is 0 Å². The molecule has 3 heterocycles. The Hall–Kier alpha value is -4.76. The van der Waals surface area contributed by atoms with Crippen LogP contribution in [0.1, 0.15) is 37.8 Å². The predicted molar refractivity (Wildman–Crippen MR) is 164 cm³/mol. The fourth-order valence-corrected chi connectivity index (χ4v) is 7.01. The number of aromatic nitrogens is 2. The third kappa shape index (κ3) is 3.12. The van der Waals surface area contributed by atoms with Crippen molar-refractivity contribution in [2.24, 2.45) is 0 Å². The Morgan fingerprint density at radius 2 is 1.45 bits per heavy atom. The molecule has 3 aromatic heterocycles. The van der Waals surface area contributed by atoms with E-state index in [1.807, 2.05) is 24.4 Å². The van der Waals surface area contributed by atoms with Crippen molar-refractivity contribution >= 4 is 32.8 Å². The molecule has 1 aliphatic carbocycles. The topological polar surface area (TPSA) is 38.9 Å². The van der Waals surface area contributed by atoms with Crippen molar-refractivity contribution in [3.8, 4) is 33.6 Å². The summed E-state index contributed by atoms with van der Waals surface area (Å²) in [5, 5.41) is 3.42. The van der Waals surface area contributed by atoms with Crippen molar-refractivity contribution in [2.45, 2.75) is 32.1 Å². The molecule has 192 valence electrons. The zero-order valence-electron chi connectivity index (χ0n) is 22.6. The summed E-state index contributed by atoms with van der Waals surface area (Å²) >= 11 is 0. The van der Waals surface area contributed by atoms with E-state index in [1.165, 1.54) is 27.6 Å². The van der Waals surface area contributed by atoms with Gasteiger partial charge in [0.15, 0.2) is 0 Å². The van der Waals surface area contributed by atoms with E-state index >= 15 is 0 Å². The zero-order chi connectivity index (χ0) is 26.8. The van der Waals surface area contributed by atoms with Gasteiger partial charge in [0.1, 0.15) is 11.2 Å². The van der Waals surface area contributed by atoms with Gasteiger partial charge in [-0.1, -0.05) is 74.5 Å². The average molecular weight is 517 g/mol. The Kier molecular flexibility index (Phi) is 4.99. The van der Waals surface area contributed by atoms with Crippen LogP contribution < -0.4 is 0 Å². The van der Waals surface area contributed by atoms with Gasteiger partial charge in [0.2, 0.25) is 0 Å². The Morgan fingerprint density at radius 3 is 2.30 bits per heavy atom. The molecule has 3 heteroatoms. The zero-order valence-corrected chi connectivity index (χ0v) is 22.6. The minimum atomic E-state index is -0.0420. The summed E-state index contributed by atoms with van der Waals surface area (Å²) in [7, 11) is 0. The standard InChI is InChI=1S/C37H28N2O/c1-3-37(4-2)30-13-7-5-11-24(30)27-18-19-28-26-17-16-23(21-34(26)40-36(28)35(27)37)33-22-29(31-14-9-10-20-38-31)25-12-6-8-15-32(25)39-33/h5-22H,3-4H2,1-2H3. The second-order valence-corrected chi connectivity index (χ2v) is 10.8. The number of nitrogens with zero attached hydrogens (tertiary/aromatic N) is 2. The third-order valence-electron chi connectivity index (χ3n) is 9.01. The summed E-state index contributed by atoms with van der Waals surface area (Å²) in [5.41, 5.74) is 12.2. The number of fused-ring (bicyclic) bond motifs is 8. The van der Waals surface area contributed by atoms with Gasteiger partial charge in [-0.25, -0.2) is 4.98 Å². The van der Waals surface area contributed by atoms with Crippen molar-refractivity contribution < 1.29 is 4.42 Å². The van der Waals surface area contributed by atoms with Crippen LogP contribution >= 0.6 is 0 Å². The molecule has 0 atom stereocenters. The number of hydrogen-bond acceptors (Lipinski definition) is 3. The van der Waals surface area contributed by atoms with E-state index < -0.39 is 0 Å². The Morgan fingerprint density at radius 1 is 0.650 bits per heavy atom. The molecular weight excluding hydrogens is 488 g/mol. The molecule has 0 N–H and O–H groups in total. The van der Waals surface area contributed by atoms with E-state index in [-0.39, 0.29) is 5.41 Å². The maximum atomic E-state index is 6.81. The number of benzene rings is 4. The lowest BCUT2D eigenvalue weighted by molar-refractivity contribution is 0.486. The summed E-state index contributed by atoms with van der Waals surface area (Å²) < 4.78 is 6.81. The Labute approximate surface area is 233 Å².